The molecule has 0 aromatic heterocycles. The van der Waals surface area contributed by atoms with Gasteiger partial charge in [-0.2, -0.15) is 0 Å². The molecule has 2 N–H and O–H groups in total. The van der Waals surface area contributed by atoms with Crippen molar-refractivity contribution < 1.29 is 13.2 Å². The van der Waals surface area contributed by atoms with E-state index in [1.54, 1.807) is 0 Å². The maximum atomic E-state index is 11.0. The Kier molecular flexibility index (Phi) is 15.0. The number of hydrogen-bond donors (Lipinski definition) is 2. The summed E-state index contributed by atoms with van der Waals surface area (Å²) in [6.45, 7) is 9.45. The fourth-order valence-corrected chi connectivity index (χ4v) is 1.85. The van der Waals surface area contributed by atoms with E-state index in [1.165, 1.54) is 6.26 Å². The van der Waals surface area contributed by atoms with E-state index >= 15 is 0 Å². The average Bonchev–Trinajstić information content (AvgIpc) is 2.31. The van der Waals surface area contributed by atoms with Crippen LogP contribution in [-0.2, 0) is 14.6 Å². The number of hydrogen-bond acceptors (Lipinski definition) is 4. The third kappa shape index (κ3) is 17.9. The van der Waals surface area contributed by atoms with Gasteiger partial charge in [0.25, 0.3) is 0 Å². The van der Waals surface area contributed by atoms with Crippen molar-refractivity contribution in [3.63, 3.8) is 0 Å². The van der Waals surface area contributed by atoms with Gasteiger partial charge in [0.2, 0.25) is 0 Å². The summed E-state index contributed by atoms with van der Waals surface area (Å²) in [4.78, 5) is 4.37. The molecular weight excluding hydrogens is 405 g/mol. The van der Waals surface area contributed by atoms with Crippen LogP contribution in [0.4, 0.5) is 0 Å². The predicted molar refractivity (Wildman–Crippen MR) is 99.4 cm³/mol. The summed E-state index contributed by atoms with van der Waals surface area (Å²) >= 11 is 0. The van der Waals surface area contributed by atoms with Crippen molar-refractivity contribution in [2.45, 2.75) is 27.2 Å². The van der Waals surface area contributed by atoms with Gasteiger partial charge in [-0.15, -0.1) is 24.0 Å². The van der Waals surface area contributed by atoms with Gasteiger partial charge in [0, 0.05) is 39.1 Å². The molecule has 0 aromatic rings. The molecule has 0 aliphatic heterocycles. The summed E-state index contributed by atoms with van der Waals surface area (Å²) < 4.78 is 27.6. The van der Waals surface area contributed by atoms with Crippen molar-refractivity contribution in [1.29, 1.82) is 0 Å². The van der Waals surface area contributed by atoms with Gasteiger partial charge in [0.1, 0.15) is 9.84 Å². The summed E-state index contributed by atoms with van der Waals surface area (Å²) in [5.41, 5.74) is 0. The second kappa shape index (κ2) is 13.6. The maximum absolute atomic E-state index is 11.0. The molecule has 0 aliphatic rings. The van der Waals surface area contributed by atoms with Crippen LogP contribution in [0.2, 0.25) is 0 Å². The minimum atomic E-state index is -2.94. The second-order valence-electron chi connectivity index (χ2n) is 5.14. The Morgan fingerprint density at radius 2 is 1.95 bits per heavy atom. The zero-order valence-electron chi connectivity index (χ0n) is 13.5. The lowest BCUT2D eigenvalue weighted by Gasteiger charge is -2.11. The lowest BCUT2D eigenvalue weighted by molar-refractivity contribution is 0.109. The second-order valence-corrected chi connectivity index (χ2v) is 7.40. The monoisotopic (exact) mass is 435 g/mol. The van der Waals surface area contributed by atoms with Crippen molar-refractivity contribution in [2.75, 3.05) is 44.9 Å². The Morgan fingerprint density at radius 3 is 2.48 bits per heavy atom. The Hall–Kier alpha value is -0.0900. The van der Waals surface area contributed by atoms with Crippen LogP contribution < -0.4 is 10.6 Å². The zero-order chi connectivity index (χ0) is 15.4. The van der Waals surface area contributed by atoms with Crippen molar-refractivity contribution in [2.24, 2.45) is 10.9 Å². The Balaban J connectivity index is 0. The smallest absolute Gasteiger partial charge is 0.191 e. The summed E-state index contributed by atoms with van der Waals surface area (Å²) in [5, 5.41) is 6.09. The number of nitrogens with zero attached hydrogens (tertiary/aromatic N) is 1. The molecule has 0 rings (SSSR count). The molecule has 0 aromatic carbocycles. The van der Waals surface area contributed by atoms with Crippen LogP contribution in [-0.4, -0.2) is 59.2 Å². The van der Waals surface area contributed by atoms with Crippen LogP contribution in [0.3, 0.4) is 0 Å². The van der Waals surface area contributed by atoms with Gasteiger partial charge < -0.3 is 15.4 Å². The molecule has 0 spiro atoms. The number of rotatable bonds is 10. The number of halogens is 1. The molecule has 0 amide bonds. The molecule has 0 bridgehead atoms. The number of aliphatic imine (C=N–C) groups is 1. The van der Waals surface area contributed by atoms with E-state index < -0.39 is 9.84 Å². The molecule has 6 nitrogen and oxygen atoms in total. The van der Waals surface area contributed by atoms with Crippen molar-refractivity contribution in [3.8, 4) is 0 Å². The van der Waals surface area contributed by atoms with Crippen LogP contribution in [0, 0.1) is 5.92 Å². The van der Waals surface area contributed by atoms with Crippen LogP contribution in [0.5, 0.6) is 0 Å². The third-order valence-corrected chi connectivity index (χ3v) is 3.22. The van der Waals surface area contributed by atoms with E-state index in [-0.39, 0.29) is 29.7 Å². The first-order valence-corrected chi connectivity index (χ1v) is 9.19. The highest BCUT2D eigenvalue weighted by Crippen LogP contribution is 1.93. The quantitative estimate of drug-likeness (QED) is 0.234. The fraction of sp³-hybridized carbons (Fsp3) is 0.923. The summed E-state index contributed by atoms with van der Waals surface area (Å²) in [7, 11) is -2.94. The molecule has 0 unspecified atom stereocenters. The van der Waals surface area contributed by atoms with E-state index in [9.17, 15) is 8.42 Å². The topological polar surface area (TPSA) is 79.8 Å². The van der Waals surface area contributed by atoms with Crippen molar-refractivity contribution >= 4 is 39.8 Å². The van der Waals surface area contributed by atoms with Crippen LogP contribution in [0.25, 0.3) is 0 Å². The van der Waals surface area contributed by atoms with Gasteiger partial charge in [0.05, 0.1) is 5.75 Å². The van der Waals surface area contributed by atoms with E-state index in [0.29, 0.717) is 31.6 Å². The van der Waals surface area contributed by atoms with E-state index in [4.69, 9.17) is 4.74 Å². The zero-order valence-corrected chi connectivity index (χ0v) is 16.7. The lowest BCUT2D eigenvalue weighted by Crippen LogP contribution is -2.39. The SMILES string of the molecule is CCNC(=NCCCOCC(C)C)NCCS(C)(=O)=O.I. The number of ether oxygens (including phenoxy) is 1. The highest BCUT2D eigenvalue weighted by Gasteiger charge is 2.02. The summed E-state index contributed by atoms with van der Waals surface area (Å²) in [5.74, 6) is 1.31. The molecule has 21 heavy (non-hydrogen) atoms. The number of sulfone groups is 1. The molecule has 0 atom stereocenters. The van der Waals surface area contributed by atoms with Gasteiger partial charge >= 0.3 is 0 Å². The molecular formula is C13H30IN3O3S. The van der Waals surface area contributed by atoms with E-state index in [1.807, 2.05) is 6.92 Å². The summed E-state index contributed by atoms with van der Waals surface area (Å²) in [6.07, 6.45) is 2.08. The fourth-order valence-electron chi connectivity index (χ4n) is 1.37. The molecule has 0 saturated carbocycles. The number of guanidine groups is 1. The van der Waals surface area contributed by atoms with Crippen molar-refractivity contribution in [1.82, 2.24) is 10.6 Å². The van der Waals surface area contributed by atoms with E-state index in [0.717, 1.165) is 19.6 Å². The van der Waals surface area contributed by atoms with Crippen LogP contribution >= 0.6 is 24.0 Å². The first-order valence-electron chi connectivity index (χ1n) is 7.12. The highest BCUT2D eigenvalue weighted by molar-refractivity contribution is 14.0. The minimum Gasteiger partial charge on any atom is -0.381 e. The first kappa shape index (κ1) is 23.2. The highest BCUT2D eigenvalue weighted by atomic mass is 127. The molecule has 0 fully saturated rings. The largest absolute Gasteiger partial charge is 0.381 e. The Bertz CT molecular complexity index is 373. The van der Waals surface area contributed by atoms with Gasteiger partial charge in [0.15, 0.2) is 5.96 Å². The van der Waals surface area contributed by atoms with Gasteiger partial charge in [-0.1, -0.05) is 13.8 Å². The standard InChI is InChI=1S/C13H29N3O3S.HI/c1-5-14-13(16-8-10-20(4,17)18)15-7-6-9-19-11-12(2)3;/h12H,5-11H2,1-4H3,(H2,14,15,16);1H. The number of nitrogens with one attached hydrogen (secondary N) is 2. The summed E-state index contributed by atoms with van der Waals surface area (Å²) in [6, 6.07) is 0. The molecule has 0 saturated heterocycles. The molecule has 8 heteroatoms. The van der Waals surface area contributed by atoms with Gasteiger partial charge in [-0.25, -0.2) is 8.42 Å². The predicted octanol–water partition coefficient (Wildman–Crippen LogP) is 1.27. The normalized spacial score (nSPS) is 12.1. The van der Waals surface area contributed by atoms with E-state index in [2.05, 4.69) is 29.5 Å². The minimum absolute atomic E-state index is 0. The lowest BCUT2D eigenvalue weighted by atomic mass is 10.2. The van der Waals surface area contributed by atoms with Gasteiger partial charge in [-0.05, 0) is 19.3 Å². The first-order chi connectivity index (χ1) is 9.35. The third-order valence-electron chi connectivity index (χ3n) is 2.28. The Morgan fingerprint density at radius 1 is 1.29 bits per heavy atom. The molecule has 0 radical (unpaired) electrons. The Labute approximate surface area is 146 Å². The van der Waals surface area contributed by atoms with Gasteiger partial charge in [-0.3, -0.25) is 4.99 Å². The van der Waals surface area contributed by atoms with Crippen molar-refractivity contribution in [3.05, 3.63) is 0 Å². The molecule has 128 valence electrons. The average molecular weight is 435 g/mol. The van der Waals surface area contributed by atoms with Crippen LogP contribution in [0.15, 0.2) is 4.99 Å². The molecule has 0 aliphatic carbocycles. The molecule has 0 heterocycles. The maximum Gasteiger partial charge on any atom is 0.191 e. The van der Waals surface area contributed by atoms with Crippen LogP contribution in [0.1, 0.15) is 27.2 Å².